The van der Waals surface area contributed by atoms with Crippen LogP contribution in [-0.2, 0) is 5.75 Å². The molecule has 0 aliphatic carbocycles. The maximum Gasteiger partial charge on any atom is 0.253 e. The van der Waals surface area contributed by atoms with Gasteiger partial charge in [0.2, 0.25) is 5.16 Å². The van der Waals surface area contributed by atoms with Crippen molar-refractivity contribution >= 4 is 39.7 Å². The summed E-state index contributed by atoms with van der Waals surface area (Å²) in [5, 5.41) is 11.5. The van der Waals surface area contributed by atoms with Crippen molar-refractivity contribution in [3.63, 3.8) is 0 Å². The zero-order chi connectivity index (χ0) is 17.2. The molecule has 8 heteroatoms. The van der Waals surface area contributed by atoms with Gasteiger partial charge in [0.15, 0.2) is 5.13 Å². The molecule has 1 N–H and O–H groups in total. The van der Waals surface area contributed by atoms with Crippen molar-refractivity contribution in [1.29, 1.82) is 0 Å². The lowest BCUT2D eigenvalue weighted by Crippen LogP contribution is -1.97. The van der Waals surface area contributed by atoms with Gasteiger partial charge in [0.25, 0.3) is 5.78 Å². The topological polar surface area (TPSA) is 68.0 Å². The van der Waals surface area contributed by atoms with E-state index < -0.39 is 0 Å². The molecule has 0 bridgehead atoms. The van der Waals surface area contributed by atoms with E-state index in [-0.39, 0.29) is 0 Å². The third-order valence-corrected chi connectivity index (χ3v) is 5.20. The number of hydrogen-bond acceptors (Lipinski definition) is 7. The van der Waals surface area contributed by atoms with E-state index in [1.54, 1.807) is 27.6 Å². The summed E-state index contributed by atoms with van der Waals surface area (Å²) >= 11 is 3.16. The first-order chi connectivity index (χ1) is 12.2. The highest BCUT2D eigenvalue weighted by Crippen LogP contribution is 2.25. The van der Waals surface area contributed by atoms with Crippen molar-refractivity contribution in [1.82, 2.24) is 24.6 Å². The number of nitrogens with zero attached hydrogens (tertiary/aromatic N) is 5. The number of para-hydroxylation sites is 1. The highest BCUT2D eigenvalue weighted by atomic mass is 32.2. The molecular formula is C17H16N6S2. The molecule has 0 atom stereocenters. The second kappa shape index (κ2) is 6.81. The molecular weight excluding hydrogens is 352 g/mol. The van der Waals surface area contributed by atoms with E-state index >= 15 is 0 Å². The van der Waals surface area contributed by atoms with Crippen LogP contribution in [0.4, 0.5) is 10.8 Å². The van der Waals surface area contributed by atoms with Crippen molar-refractivity contribution in [2.45, 2.75) is 24.8 Å². The number of anilines is 2. The van der Waals surface area contributed by atoms with Gasteiger partial charge in [0.1, 0.15) is 0 Å². The number of rotatable bonds is 5. The van der Waals surface area contributed by atoms with Gasteiger partial charge in [0.05, 0.1) is 5.69 Å². The monoisotopic (exact) mass is 368 g/mol. The van der Waals surface area contributed by atoms with E-state index in [1.807, 2.05) is 50.2 Å². The largest absolute Gasteiger partial charge is 0.332 e. The average Bonchev–Trinajstić information content (AvgIpc) is 3.20. The Bertz CT molecular complexity index is 1010. The Balaban J connectivity index is 1.44. The van der Waals surface area contributed by atoms with E-state index in [1.165, 1.54) is 0 Å². The van der Waals surface area contributed by atoms with Crippen molar-refractivity contribution in [2.75, 3.05) is 5.32 Å². The number of benzene rings is 1. The van der Waals surface area contributed by atoms with Gasteiger partial charge >= 0.3 is 0 Å². The lowest BCUT2D eigenvalue weighted by atomic mass is 10.3. The fraction of sp³-hybridized carbons (Fsp3) is 0.176. The molecule has 0 saturated carbocycles. The molecule has 0 aliphatic rings. The fourth-order valence-electron chi connectivity index (χ4n) is 2.42. The quantitative estimate of drug-likeness (QED) is 0.532. The Kier molecular flexibility index (Phi) is 4.37. The van der Waals surface area contributed by atoms with Crippen molar-refractivity contribution in [2.24, 2.45) is 0 Å². The first-order valence-corrected chi connectivity index (χ1v) is 9.64. The van der Waals surface area contributed by atoms with Crippen LogP contribution < -0.4 is 5.32 Å². The standard InChI is InChI=1S/C17H16N6S2/c1-11-8-12(2)23-15(18-11)21-17(22-23)25-10-14-9-24-16(20-14)19-13-6-4-3-5-7-13/h3-9H,10H2,1-2H3,(H,19,20). The lowest BCUT2D eigenvalue weighted by molar-refractivity contribution is 0.843. The average molecular weight is 368 g/mol. The molecule has 3 aromatic heterocycles. The number of aryl methyl sites for hydroxylation is 2. The Morgan fingerprint density at radius 2 is 1.96 bits per heavy atom. The second-order valence-electron chi connectivity index (χ2n) is 5.57. The molecule has 3 heterocycles. The number of hydrogen-bond donors (Lipinski definition) is 1. The summed E-state index contributed by atoms with van der Waals surface area (Å²) in [6.07, 6.45) is 0. The smallest absolute Gasteiger partial charge is 0.253 e. The maximum atomic E-state index is 4.61. The summed E-state index contributed by atoms with van der Waals surface area (Å²) in [6.45, 7) is 3.97. The molecule has 0 fully saturated rings. The molecule has 0 aliphatic heterocycles. The summed E-state index contributed by atoms with van der Waals surface area (Å²) in [4.78, 5) is 13.5. The van der Waals surface area contributed by atoms with Crippen LogP contribution in [0.25, 0.3) is 5.78 Å². The molecule has 126 valence electrons. The summed E-state index contributed by atoms with van der Waals surface area (Å²) in [7, 11) is 0. The molecule has 1 aromatic carbocycles. The lowest BCUT2D eigenvalue weighted by Gasteiger charge is -2.00. The van der Waals surface area contributed by atoms with Gasteiger partial charge in [0, 0.05) is 28.2 Å². The van der Waals surface area contributed by atoms with Gasteiger partial charge in [-0.2, -0.15) is 4.98 Å². The van der Waals surface area contributed by atoms with Gasteiger partial charge < -0.3 is 5.32 Å². The van der Waals surface area contributed by atoms with Gasteiger partial charge in [-0.05, 0) is 32.0 Å². The molecule has 6 nitrogen and oxygen atoms in total. The Morgan fingerprint density at radius 1 is 1.12 bits per heavy atom. The fourth-order valence-corrected chi connectivity index (χ4v) is 3.97. The third kappa shape index (κ3) is 3.64. The van der Waals surface area contributed by atoms with Crippen LogP contribution in [0.5, 0.6) is 0 Å². The summed E-state index contributed by atoms with van der Waals surface area (Å²) in [6, 6.07) is 12.0. The van der Waals surface area contributed by atoms with E-state index in [2.05, 4.69) is 30.7 Å². The highest BCUT2D eigenvalue weighted by Gasteiger charge is 2.10. The summed E-state index contributed by atoms with van der Waals surface area (Å²) in [5.74, 6) is 1.37. The van der Waals surface area contributed by atoms with E-state index in [4.69, 9.17) is 0 Å². The molecule has 4 aromatic rings. The first kappa shape index (κ1) is 16.0. The van der Waals surface area contributed by atoms with Gasteiger partial charge in [-0.25, -0.2) is 14.5 Å². The third-order valence-electron chi connectivity index (χ3n) is 3.52. The molecule has 0 unspecified atom stereocenters. The predicted octanol–water partition coefficient (Wildman–Crippen LogP) is 4.23. The highest BCUT2D eigenvalue weighted by molar-refractivity contribution is 7.98. The zero-order valence-corrected chi connectivity index (χ0v) is 15.4. The van der Waals surface area contributed by atoms with Crippen LogP contribution in [0, 0.1) is 13.8 Å². The number of nitrogens with one attached hydrogen (secondary N) is 1. The van der Waals surface area contributed by atoms with Crippen LogP contribution >= 0.6 is 23.1 Å². The molecule has 0 spiro atoms. The van der Waals surface area contributed by atoms with Crippen LogP contribution in [0.15, 0.2) is 46.9 Å². The minimum atomic E-state index is 0.643. The maximum absolute atomic E-state index is 4.61. The van der Waals surface area contributed by atoms with Crippen molar-refractivity contribution in [3.05, 3.63) is 58.9 Å². The molecule has 0 saturated heterocycles. The van der Waals surface area contributed by atoms with Gasteiger partial charge in [-0.15, -0.1) is 16.4 Å². The van der Waals surface area contributed by atoms with Crippen molar-refractivity contribution < 1.29 is 0 Å². The predicted molar refractivity (Wildman–Crippen MR) is 102 cm³/mol. The van der Waals surface area contributed by atoms with E-state index in [0.717, 1.165) is 33.7 Å². The Hall–Kier alpha value is -2.45. The normalized spacial score (nSPS) is 11.1. The number of aromatic nitrogens is 5. The molecule has 4 rings (SSSR count). The van der Waals surface area contributed by atoms with Crippen molar-refractivity contribution in [3.8, 4) is 0 Å². The number of fused-ring (bicyclic) bond motifs is 1. The summed E-state index contributed by atoms with van der Waals surface area (Å²) < 4.78 is 1.78. The van der Waals surface area contributed by atoms with Gasteiger partial charge in [-0.3, -0.25) is 0 Å². The minimum Gasteiger partial charge on any atom is -0.332 e. The number of thiazole rings is 1. The van der Waals surface area contributed by atoms with Crippen LogP contribution in [-0.4, -0.2) is 24.6 Å². The second-order valence-corrected chi connectivity index (χ2v) is 7.37. The molecule has 0 radical (unpaired) electrons. The molecule has 0 amide bonds. The van der Waals surface area contributed by atoms with E-state index in [0.29, 0.717) is 10.9 Å². The SMILES string of the molecule is Cc1cc(C)n2nc(SCc3csc(Nc4ccccc4)n3)nc2n1. The number of thioether (sulfide) groups is 1. The van der Waals surface area contributed by atoms with Crippen LogP contribution in [0.3, 0.4) is 0 Å². The Morgan fingerprint density at radius 3 is 2.80 bits per heavy atom. The van der Waals surface area contributed by atoms with Crippen LogP contribution in [0.2, 0.25) is 0 Å². The van der Waals surface area contributed by atoms with Crippen LogP contribution in [0.1, 0.15) is 17.1 Å². The first-order valence-electron chi connectivity index (χ1n) is 7.78. The minimum absolute atomic E-state index is 0.643. The van der Waals surface area contributed by atoms with Gasteiger partial charge in [-0.1, -0.05) is 30.0 Å². The zero-order valence-electron chi connectivity index (χ0n) is 13.8. The molecule has 25 heavy (non-hydrogen) atoms. The van der Waals surface area contributed by atoms with E-state index in [9.17, 15) is 0 Å². The Labute approximate surface area is 153 Å². The summed E-state index contributed by atoms with van der Waals surface area (Å²) in [5.41, 5.74) is 4.03.